The molecule has 0 aromatic rings. The van der Waals surface area contributed by atoms with Crippen molar-refractivity contribution in [3.63, 3.8) is 0 Å². The Morgan fingerprint density at radius 2 is 1.70 bits per heavy atom. The van der Waals surface area contributed by atoms with Gasteiger partial charge in [0, 0.05) is 24.6 Å². The van der Waals surface area contributed by atoms with E-state index in [2.05, 4.69) is 34.6 Å². The van der Waals surface area contributed by atoms with E-state index in [0.717, 1.165) is 67.4 Å². The van der Waals surface area contributed by atoms with Crippen LogP contribution in [0.3, 0.4) is 0 Å². The average Bonchev–Trinajstić information content (AvgIpc) is 3.70. The third kappa shape index (κ3) is 6.06. The second-order valence-corrected chi connectivity index (χ2v) is 17.6. The molecule has 6 rings (SSSR count). The van der Waals surface area contributed by atoms with E-state index in [1.807, 2.05) is 4.90 Å². The summed E-state index contributed by atoms with van der Waals surface area (Å²) < 4.78 is 5.83. The predicted octanol–water partition coefficient (Wildman–Crippen LogP) is 8.88. The predicted molar refractivity (Wildman–Crippen MR) is 180 cm³/mol. The highest BCUT2D eigenvalue weighted by molar-refractivity contribution is 8.15. The molecule has 1 saturated heterocycles. The minimum absolute atomic E-state index is 0.0335. The molecule has 0 spiro atoms. The minimum Gasteiger partial charge on any atom is -0.463 e. The molecule has 1 amide bonds. The van der Waals surface area contributed by atoms with Crippen LogP contribution in [0.15, 0.2) is 10.2 Å². The Kier molecular flexibility index (Phi) is 9.64. The molecular weight excluding hydrogens is 566 g/mol. The summed E-state index contributed by atoms with van der Waals surface area (Å²) in [5.41, 5.74) is 1.80. The van der Waals surface area contributed by atoms with Crippen LogP contribution in [0, 0.1) is 52.3 Å². The smallest absolute Gasteiger partial charge is 0.302 e. The maximum atomic E-state index is 12.9. The maximum absolute atomic E-state index is 12.9. The van der Waals surface area contributed by atoms with Gasteiger partial charge in [0.15, 0.2) is 5.17 Å². The Balaban J connectivity index is 1.29. The topological polar surface area (TPSA) is 71.3 Å². The summed E-state index contributed by atoms with van der Waals surface area (Å²) in [6, 6.07) is 0.289. The third-order valence-electron chi connectivity index (χ3n) is 13.7. The van der Waals surface area contributed by atoms with Crippen molar-refractivity contribution < 1.29 is 14.3 Å². The lowest BCUT2D eigenvalue weighted by atomic mass is 9.44. The van der Waals surface area contributed by atoms with Gasteiger partial charge in [0.25, 0.3) is 0 Å². The lowest BCUT2D eigenvalue weighted by Gasteiger charge is -2.61. The normalized spacial score (nSPS) is 41.7. The van der Waals surface area contributed by atoms with Crippen LogP contribution in [0.4, 0.5) is 0 Å². The number of amidine groups is 1. The number of hydrogen-bond acceptors (Lipinski definition) is 6. The van der Waals surface area contributed by atoms with E-state index in [-0.39, 0.29) is 35.4 Å². The number of carbonyl (C=O) groups excluding carboxylic acids is 2. The number of thioether (sulfide) groups is 1. The second kappa shape index (κ2) is 13.0. The summed E-state index contributed by atoms with van der Waals surface area (Å²) >= 11 is 1.57. The summed E-state index contributed by atoms with van der Waals surface area (Å²) in [6.45, 7) is 14.0. The Morgan fingerprint density at radius 1 is 0.977 bits per heavy atom. The van der Waals surface area contributed by atoms with Gasteiger partial charge in [0.05, 0.1) is 5.75 Å². The summed E-state index contributed by atoms with van der Waals surface area (Å²) in [7, 11) is 0. The van der Waals surface area contributed by atoms with Gasteiger partial charge in [-0.25, -0.2) is 0 Å². The zero-order valence-electron chi connectivity index (χ0n) is 28.5. The van der Waals surface area contributed by atoms with Gasteiger partial charge in [0.1, 0.15) is 6.10 Å². The van der Waals surface area contributed by atoms with E-state index in [9.17, 15) is 9.59 Å². The van der Waals surface area contributed by atoms with Crippen LogP contribution >= 0.6 is 11.8 Å². The SMILES string of the molecule is CC(=O)O[C@H]1CC[C@@]2(C)[C@H](C1)/C(=N/N=C1\SCC(=O)N1C1CCCC1)C[C@@H]1[C@@H]2CC[C@]2(C)[C@@H]([C@H](C)CCCC(C)C)CC[C@@H]12. The van der Waals surface area contributed by atoms with E-state index in [1.165, 1.54) is 63.5 Å². The van der Waals surface area contributed by atoms with E-state index in [1.54, 1.807) is 18.7 Å². The van der Waals surface area contributed by atoms with Crippen molar-refractivity contribution in [1.29, 1.82) is 0 Å². The van der Waals surface area contributed by atoms with Gasteiger partial charge in [-0.3, -0.25) is 14.5 Å². The maximum Gasteiger partial charge on any atom is 0.302 e. The van der Waals surface area contributed by atoms with E-state index in [4.69, 9.17) is 14.9 Å². The van der Waals surface area contributed by atoms with Crippen molar-refractivity contribution in [2.75, 3.05) is 5.75 Å². The largest absolute Gasteiger partial charge is 0.463 e. The average molecular weight is 626 g/mol. The number of nitrogens with zero attached hydrogens (tertiary/aromatic N) is 3. The van der Waals surface area contributed by atoms with Gasteiger partial charge in [-0.1, -0.05) is 78.5 Å². The van der Waals surface area contributed by atoms with Crippen LogP contribution in [0.25, 0.3) is 0 Å². The fourth-order valence-corrected chi connectivity index (χ4v) is 12.5. The Bertz CT molecular complexity index is 1150. The van der Waals surface area contributed by atoms with Crippen molar-refractivity contribution >= 4 is 34.5 Å². The van der Waals surface area contributed by atoms with Gasteiger partial charge in [-0.15, -0.1) is 5.10 Å². The molecule has 6 nitrogen and oxygen atoms in total. The molecule has 1 heterocycles. The number of hydrogen-bond donors (Lipinski definition) is 0. The van der Waals surface area contributed by atoms with Gasteiger partial charge in [-0.05, 0) is 111 Å². The Hall–Kier alpha value is -1.37. The number of esters is 1. The molecule has 0 N–H and O–H groups in total. The van der Waals surface area contributed by atoms with Gasteiger partial charge in [-0.2, -0.15) is 5.10 Å². The van der Waals surface area contributed by atoms with Crippen LogP contribution in [0.2, 0.25) is 0 Å². The van der Waals surface area contributed by atoms with E-state index >= 15 is 0 Å². The zero-order chi connectivity index (χ0) is 31.2. The lowest BCUT2D eigenvalue weighted by molar-refractivity contribution is -0.153. The molecule has 7 heteroatoms. The molecule has 6 aliphatic rings. The molecule has 44 heavy (non-hydrogen) atoms. The highest BCUT2D eigenvalue weighted by atomic mass is 32.2. The zero-order valence-corrected chi connectivity index (χ0v) is 29.3. The number of ether oxygens (including phenoxy) is 1. The van der Waals surface area contributed by atoms with Crippen molar-refractivity contribution in [1.82, 2.24) is 4.90 Å². The first-order chi connectivity index (χ1) is 21.0. The molecule has 0 aromatic heterocycles. The first-order valence-electron chi connectivity index (χ1n) is 18.3. The lowest BCUT2D eigenvalue weighted by Crippen LogP contribution is -2.57. The minimum atomic E-state index is -0.174. The highest BCUT2D eigenvalue weighted by Gasteiger charge is 2.62. The van der Waals surface area contributed by atoms with Crippen molar-refractivity contribution in [2.45, 2.75) is 150 Å². The summed E-state index contributed by atoms with van der Waals surface area (Å²) in [5.74, 6) is 5.30. The fraction of sp³-hybridized carbons (Fsp3) is 0.892. The van der Waals surface area contributed by atoms with Crippen LogP contribution in [-0.4, -0.2) is 45.6 Å². The molecular formula is C37H59N3O3S. The molecule has 0 bridgehead atoms. The van der Waals surface area contributed by atoms with E-state index < -0.39 is 0 Å². The molecule has 0 unspecified atom stereocenters. The van der Waals surface area contributed by atoms with Crippen molar-refractivity contribution in [3.8, 4) is 0 Å². The summed E-state index contributed by atoms with van der Waals surface area (Å²) in [6.07, 6.45) is 17.9. The monoisotopic (exact) mass is 625 g/mol. The molecule has 6 fully saturated rings. The number of rotatable bonds is 8. The first-order valence-corrected chi connectivity index (χ1v) is 19.3. The standard InChI is InChI=1S/C37H59N3O3S/c1-23(2)10-9-11-24(3)29-14-15-30-28-21-33(38-39-35-40(34(42)22-44-35)26-12-7-8-13-26)32-20-27(43-25(4)41)16-18-37(32,6)31(28)17-19-36(29,30)5/h23-24,26-32H,7-22H2,1-6H3/b38-33+,39-35-/t24-,27+,28+,29-,30+,31+,32-,36-,37-/m1/s1. The molecule has 5 aliphatic carbocycles. The molecule has 1 aliphatic heterocycles. The summed E-state index contributed by atoms with van der Waals surface area (Å²) in [4.78, 5) is 26.9. The third-order valence-corrected chi connectivity index (χ3v) is 14.6. The van der Waals surface area contributed by atoms with Crippen LogP contribution in [-0.2, 0) is 14.3 Å². The van der Waals surface area contributed by atoms with Crippen molar-refractivity contribution in [2.24, 2.45) is 62.5 Å². The molecule has 9 atom stereocenters. The number of fused-ring (bicyclic) bond motifs is 5. The molecule has 246 valence electrons. The van der Waals surface area contributed by atoms with Gasteiger partial charge >= 0.3 is 5.97 Å². The first kappa shape index (κ1) is 32.6. The number of carbonyl (C=O) groups is 2. The summed E-state index contributed by atoms with van der Waals surface area (Å²) in [5, 5.41) is 10.9. The van der Waals surface area contributed by atoms with Gasteiger partial charge < -0.3 is 4.74 Å². The van der Waals surface area contributed by atoms with Crippen molar-refractivity contribution in [3.05, 3.63) is 0 Å². The molecule has 5 saturated carbocycles. The van der Waals surface area contributed by atoms with Crippen LogP contribution in [0.1, 0.15) is 138 Å². The molecule has 0 radical (unpaired) electrons. The Morgan fingerprint density at radius 3 is 2.43 bits per heavy atom. The fourth-order valence-electron chi connectivity index (χ4n) is 11.6. The number of amides is 1. The quantitative estimate of drug-likeness (QED) is 0.200. The second-order valence-electron chi connectivity index (χ2n) is 16.6. The van der Waals surface area contributed by atoms with Gasteiger partial charge in [0.2, 0.25) is 5.91 Å². The van der Waals surface area contributed by atoms with Crippen LogP contribution in [0.5, 0.6) is 0 Å². The van der Waals surface area contributed by atoms with Crippen LogP contribution < -0.4 is 0 Å². The molecule has 0 aromatic carbocycles. The highest BCUT2D eigenvalue weighted by Crippen LogP contribution is 2.68. The van der Waals surface area contributed by atoms with E-state index in [0.29, 0.717) is 23.0 Å². The Labute approximate surface area is 271 Å².